The van der Waals surface area contributed by atoms with E-state index in [0.29, 0.717) is 24.4 Å². The van der Waals surface area contributed by atoms with Gasteiger partial charge in [-0.2, -0.15) is 0 Å². The maximum absolute atomic E-state index is 12.1. The van der Waals surface area contributed by atoms with Gasteiger partial charge in [0.1, 0.15) is 0 Å². The molecule has 1 aliphatic heterocycles. The molecule has 1 N–H and O–H groups in total. The predicted molar refractivity (Wildman–Crippen MR) is 123 cm³/mol. The first kappa shape index (κ1) is 23.9. The molecule has 164 valence electrons. The number of rotatable bonds is 9. The molecule has 1 aliphatic rings. The molecular formula is C25H43N3O. The Morgan fingerprint density at radius 3 is 2.38 bits per heavy atom. The molecule has 1 fully saturated rings. The Hall–Kier alpha value is -1.39. The van der Waals surface area contributed by atoms with E-state index in [1.807, 2.05) is 4.90 Å². The van der Waals surface area contributed by atoms with E-state index in [2.05, 4.69) is 76.0 Å². The van der Waals surface area contributed by atoms with Crippen LogP contribution >= 0.6 is 0 Å². The van der Waals surface area contributed by atoms with E-state index >= 15 is 0 Å². The van der Waals surface area contributed by atoms with Crippen molar-refractivity contribution in [2.75, 3.05) is 32.7 Å². The topological polar surface area (TPSA) is 35.6 Å². The van der Waals surface area contributed by atoms with Crippen molar-refractivity contribution in [1.82, 2.24) is 15.1 Å². The number of nitrogens with one attached hydrogen (secondary N) is 1. The van der Waals surface area contributed by atoms with E-state index in [4.69, 9.17) is 0 Å². The molecule has 1 heterocycles. The van der Waals surface area contributed by atoms with Gasteiger partial charge in [-0.15, -0.1) is 0 Å². The molecule has 4 heteroatoms. The number of benzene rings is 1. The number of carbonyl (C=O) groups is 1. The van der Waals surface area contributed by atoms with Crippen molar-refractivity contribution >= 4 is 5.91 Å². The molecule has 1 amide bonds. The fourth-order valence-electron chi connectivity index (χ4n) is 4.24. The number of unbranched alkanes of at least 4 members (excludes halogenated alkanes) is 1. The van der Waals surface area contributed by atoms with Gasteiger partial charge in [0, 0.05) is 44.7 Å². The molecular weight excluding hydrogens is 358 g/mol. The first-order valence-electron chi connectivity index (χ1n) is 11.5. The maximum Gasteiger partial charge on any atom is 0.223 e. The van der Waals surface area contributed by atoms with Crippen LogP contribution in [0.4, 0.5) is 0 Å². The van der Waals surface area contributed by atoms with Gasteiger partial charge in [0.25, 0.3) is 0 Å². The summed E-state index contributed by atoms with van der Waals surface area (Å²) in [4.78, 5) is 16.8. The van der Waals surface area contributed by atoms with Crippen molar-refractivity contribution in [3.05, 3.63) is 35.4 Å². The summed E-state index contributed by atoms with van der Waals surface area (Å²) in [5, 5.41) is 3.31. The van der Waals surface area contributed by atoms with Crippen molar-refractivity contribution in [1.29, 1.82) is 0 Å². The van der Waals surface area contributed by atoms with Crippen LogP contribution in [0.1, 0.15) is 71.9 Å². The average molecular weight is 402 g/mol. The summed E-state index contributed by atoms with van der Waals surface area (Å²) in [6.45, 7) is 18.3. The zero-order valence-corrected chi connectivity index (χ0v) is 19.6. The maximum atomic E-state index is 12.1. The van der Waals surface area contributed by atoms with Gasteiger partial charge in [-0.25, -0.2) is 0 Å². The van der Waals surface area contributed by atoms with E-state index < -0.39 is 0 Å². The van der Waals surface area contributed by atoms with E-state index in [9.17, 15) is 4.79 Å². The van der Waals surface area contributed by atoms with Crippen molar-refractivity contribution in [3.63, 3.8) is 0 Å². The number of amides is 1. The lowest BCUT2D eigenvalue weighted by molar-refractivity contribution is -0.130. The summed E-state index contributed by atoms with van der Waals surface area (Å²) >= 11 is 0. The second-order valence-electron chi connectivity index (χ2n) is 9.92. The number of carbonyl (C=O) groups excluding carboxylic acids is 1. The molecule has 1 unspecified atom stereocenters. The van der Waals surface area contributed by atoms with Crippen molar-refractivity contribution in [2.24, 2.45) is 0 Å². The second-order valence-corrected chi connectivity index (χ2v) is 9.92. The Kier molecular flexibility index (Phi) is 9.16. The molecule has 0 aromatic heterocycles. The molecule has 2 rings (SSSR count). The quantitative estimate of drug-likeness (QED) is 0.629. The highest BCUT2D eigenvalue weighted by Crippen LogP contribution is 2.23. The minimum absolute atomic E-state index is 0.207. The van der Waals surface area contributed by atoms with Gasteiger partial charge in [0.2, 0.25) is 5.91 Å². The molecule has 0 spiro atoms. The molecule has 29 heavy (non-hydrogen) atoms. The fraction of sp³-hybridized carbons (Fsp3) is 0.720. The highest BCUT2D eigenvalue weighted by Gasteiger charge is 2.19. The van der Waals surface area contributed by atoms with Gasteiger partial charge >= 0.3 is 0 Å². The largest absolute Gasteiger partial charge is 0.341 e. The lowest BCUT2D eigenvalue weighted by Crippen LogP contribution is -2.41. The van der Waals surface area contributed by atoms with Gasteiger partial charge in [-0.05, 0) is 63.1 Å². The Bertz CT molecular complexity index is 618. The molecule has 1 saturated heterocycles. The number of nitrogens with zero attached hydrogens (tertiary/aromatic N) is 2. The molecule has 1 aromatic rings. The van der Waals surface area contributed by atoms with Crippen molar-refractivity contribution in [3.8, 4) is 0 Å². The third-order valence-electron chi connectivity index (χ3n) is 6.10. The minimum Gasteiger partial charge on any atom is -0.341 e. The summed E-state index contributed by atoms with van der Waals surface area (Å²) < 4.78 is 0. The molecule has 4 nitrogen and oxygen atoms in total. The first-order valence-corrected chi connectivity index (χ1v) is 11.5. The summed E-state index contributed by atoms with van der Waals surface area (Å²) in [7, 11) is 0. The Labute approximate surface area is 179 Å². The van der Waals surface area contributed by atoms with Crippen LogP contribution in [0.25, 0.3) is 0 Å². The molecule has 0 saturated carbocycles. The van der Waals surface area contributed by atoms with Crippen LogP contribution in [0.15, 0.2) is 24.3 Å². The van der Waals surface area contributed by atoms with Gasteiger partial charge in [-0.3, -0.25) is 9.69 Å². The normalized spacial score (nSPS) is 17.1. The standard InChI is InChI=1S/C25H43N3O/c1-20(2)28(17-8-7-16-27-18-15-26-14-13-24(27)29)21(3)19-22-9-11-23(12-10-22)25(4,5)6/h9-12,20-21,26H,7-8,13-19H2,1-6H3. The predicted octanol–water partition coefficient (Wildman–Crippen LogP) is 4.23. The van der Waals surface area contributed by atoms with Crippen molar-refractivity contribution in [2.45, 2.75) is 84.7 Å². The van der Waals surface area contributed by atoms with Gasteiger partial charge in [0.05, 0.1) is 0 Å². The summed E-state index contributed by atoms with van der Waals surface area (Å²) in [6, 6.07) is 10.2. The van der Waals surface area contributed by atoms with E-state index in [1.54, 1.807) is 0 Å². The Balaban J connectivity index is 1.82. The van der Waals surface area contributed by atoms with E-state index in [0.717, 1.165) is 52.0 Å². The average Bonchev–Trinajstić information content (AvgIpc) is 2.85. The van der Waals surface area contributed by atoms with Crippen LogP contribution in [0.5, 0.6) is 0 Å². The number of hydrogen-bond acceptors (Lipinski definition) is 3. The molecule has 1 atom stereocenters. The van der Waals surface area contributed by atoms with E-state index in [-0.39, 0.29) is 5.41 Å². The summed E-state index contributed by atoms with van der Waals surface area (Å²) in [6.07, 6.45) is 3.95. The van der Waals surface area contributed by atoms with Gasteiger partial charge in [0.15, 0.2) is 0 Å². The molecule has 0 radical (unpaired) electrons. The summed E-state index contributed by atoms with van der Waals surface area (Å²) in [5.41, 5.74) is 3.02. The van der Waals surface area contributed by atoms with E-state index in [1.165, 1.54) is 11.1 Å². The van der Waals surface area contributed by atoms with Gasteiger partial charge < -0.3 is 10.2 Å². The highest BCUT2D eigenvalue weighted by atomic mass is 16.2. The zero-order chi connectivity index (χ0) is 21.4. The lowest BCUT2D eigenvalue weighted by Gasteiger charge is -2.33. The first-order chi connectivity index (χ1) is 13.7. The smallest absolute Gasteiger partial charge is 0.223 e. The van der Waals surface area contributed by atoms with Crippen LogP contribution in [0, 0.1) is 0 Å². The van der Waals surface area contributed by atoms with Crippen LogP contribution in [-0.4, -0.2) is 60.5 Å². The van der Waals surface area contributed by atoms with Gasteiger partial charge in [-0.1, -0.05) is 45.0 Å². The molecule has 0 bridgehead atoms. The van der Waals surface area contributed by atoms with Crippen LogP contribution in [0.3, 0.4) is 0 Å². The zero-order valence-electron chi connectivity index (χ0n) is 19.6. The fourth-order valence-corrected chi connectivity index (χ4v) is 4.24. The van der Waals surface area contributed by atoms with Crippen LogP contribution < -0.4 is 5.32 Å². The lowest BCUT2D eigenvalue weighted by atomic mass is 9.86. The monoisotopic (exact) mass is 401 g/mol. The number of hydrogen-bond donors (Lipinski definition) is 1. The third-order valence-corrected chi connectivity index (χ3v) is 6.10. The molecule has 1 aromatic carbocycles. The second kappa shape index (κ2) is 11.1. The Morgan fingerprint density at radius 1 is 1.07 bits per heavy atom. The summed E-state index contributed by atoms with van der Waals surface area (Å²) in [5.74, 6) is 0.308. The minimum atomic E-state index is 0.207. The SMILES string of the molecule is CC(C)N(CCCCN1CCNCCC1=O)C(C)Cc1ccc(C(C)(C)C)cc1. The van der Waals surface area contributed by atoms with Crippen LogP contribution in [0.2, 0.25) is 0 Å². The van der Waals surface area contributed by atoms with Crippen molar-refractivity contribution < 1.29 is 4.79 Å². The highest BCUT2D eigenvalue weighted by molar-refractivity contribution is 5.76. The van der Waals surface area contributed by atoms with Crippen LogP contribution in [-0.2, 0) is 16.6 Å². The third kappa shape index (κ3) is 7.75. The molecule has 0 aliphatic carbocycles. The Morgan fingerprint density at radius 2 is 1.76 bits per heavy atom.